The fraction of sp³-hybridized carbons (Fsp3) is 0.562. The van der Waals surface area contributed by atoms with Crippen LogP contribution in [0.25, 0.3) is 11.0 Å². The molecule has 4 rings (SSSR count). The van der Waals surface area contributed by atoms with Crippen LogP contribution in [0, 0.1) is 17.8 Å². The smallest absolute Gasteiger partial charge is 0.124 e. The van der Waals surface area contributed by atoms with E-state index in [1.165, 1.54) is 31.2 Å². The highest BCUT2D eigenvalue weighted by Gasteiger charge is 2.41. The summed E-state index contributed by atoms with van der Waals surface area (Å²) in [5.41, 5.74) is 2.29. The molecule has 0 N–H and O–H groups in total. The summed E-state index contributed by atoms with van der Waals surface area (Å²) in [6, 6.07) is 6.35. The highest BCUT2D eigenvalue weighted by Crippen LogP contribution is 2.50. The van der Waals surface area contributed by atoms with Crippen molar-refractivity contribution in [2.45, 2.75) is 38.1 Å². The molecule has 0 spiro atoms. The van der Waals surface area contributed by atoms with Crippen molar-refractivity contribution in [3.8, 4) is 0 Å². The fourth-order valence-corrected chi connectivity index (χ4v) is 3.95. The summed E-state index contributed by atoms with van der Waals surface area (Å²) < 4.78 is 3.45. The average molecular weight is 354 g/mol. The van der Waals surface area contributed by atoms with E-state index in [2.05, 4.69) is 38.7 Å². The third kappa shape index (κ3) is 2.39. The third-order valence-corrected chi connectivity index (χ3v) is 5.49. The number of halogens is 2. The standard InChI is InChI=1S/C16H18BrClN2/c17-12-5-6-15-14(7-12)19-16(8-18)20(15)9-13(10-1-2-10)11-3-4-11/h5-7,10-11,13H,1-4,8-9H2. The van der Waals surface area contributed by atoms with Crippen molar-refractivity contribution in [3.05, 3.63) is 28.5 Å². The zero-order chi connectivity index (χ0) is 13.7. The van der Waals surface area contributed by atoms with Gasteiger partial charge in [0, 0.05) is 11.0 Å². The fourth-order valence-electron chi connectivity index (χ4n) is 3.40. The molecule has 0 aliphatic heterocycles. The predicted molar refractivity (Wildman–Crippen MR) is 85.9 cm³/mol. The summed E-state index contributed by atoms with van der Waals surface area (Å²) in [5.74, 6) is 4.27. The van der Waals surface area contributed by atoms with Crippen molar-refractivity contribution >= 4 is 38.6 Å². The summed E-state index contributed by atoms with van der Waals surface area (Å²) in [6.45, 7) is 1.11. The normalized spacial score (nSPS) is 19.1. The molecule has 0 amide bonds. The number of nitrogens with zero attached hydrogens (tertiary/aromatic N) is 2. The van der Waals surface area contributed by atoms with Gasteiger partial charge in [0.25, 0.3) is 0 Å². The number of aromatic nitrogens is 2. The lowest BCUT2D eigenvalue weighted by molar-refractivity contribution is 0.350. The van der Waals surface area contributed by atoms with E-state index >= 15 is 0 Å². The van der Waals surface area contributed by atoms with Crippen LogP contribution in [0.15, 0.2) is 22.7 Å². The topological polar surface area (TPSA) is 17.8 Å². The van der Waals surface area contributed by atoms with E-state index in [1.807, 2.05) is 0 Å². The first kappa shape index (κ1) is 13.1. The molecule has 0 saturated heterocycles. The maximum Gasteiger partial charge on any atom is 0.124 e. The maximum absolute atomic E-state index is 6.12. The van der Waals surface area contributed by atoms with Crippen LogP contribution in [-0.2, 0) is 12.4 Å². The van der Waals surface area contributed by atoms with Gasteiger partial charge in [0.2, 0.25) is 0 Å². The van der Waals surface area contributed by atoms with Gasteiger partial charge in [-0.2, -0.15) is 0 Å². The van der Waals surface area contributed by atoms with Gasteiger partial charge in [0.15, 0.2) is 0 Å². The first-order valence-electron chi connectivity index (χ1n) is 7.47. The van der Waals surface area contributed by atoms with Gasteiger partial charge in [-0.1, -0.05) is 15.9 Å². The van der Waals surface area contributed by atoms with Crippen LogP contribution in [0.5, 0.6) is 0 Å². The number of rotatable bonds is 5. The van der Waals surface area contributed by atoms with Gasteiger partial charge in [-0.25, -0.2) is 4.98 Å². The minimum atomic E-state index is 0.494. The zero-order valence-corrected chi connectivity index (χ0v) is 13.7. The van der Waals surface area contributed by atoms with Crippen LogP contribution >= 0.6 is 27.5 Å². The Balaban J connectivity index is 1.73. The Hall–Kier alpha value is -0.540. The zero-order valence-electron chi connectivity index (χ0n) is 11.4. The minimum absolute atomic E-state index is 0.494. The molecule has 0 unspecified atom stereocenters. The summed E-state index contributed by atoms with van der Waals surface area (Å²) in [4.78, 5) is 4.71. The number of alkyl halides is 1. The van der Waals surface area contributed by atoms with E-state index in [1.54, 1.807) is 0 Å². The van der Waals surface area contributed by atoms with Gasteiger partial charge in [0.05, 0.1) is 16.9 Å². The molecule has 0 atom stereocenters. The van der Waals surface area contributed by atoms with Crippen LogP contribution in [-0.4, -0.2) is 9.55 Å². The highest BCUT2D eigenvalue weighted by atomic mass is 79.9. The molecular weight excluding hydrogens is 336 g/mol. The lowest BCUT2D eigenvalue weighted by atomic mass is 9.98. The molecule has 2 aliphatic rings. The highest BCUT2D eigenvalue weighted by molar-refractivity contribution is 9.10. The monoisotopic (exact) mass is 352 g/mol. The Morgan fingerprint density at radius 1 is 1.25 bits per heavy atom. The molecule has 1 aromatic heterocycles. The molecule has 2 saturated carbocycles. The number of fused-ring (bicyclic) bond motifs is 1. The molecule has 2 aromatic rings. The average Bonchev–Trinajstić information content (AvgIpc) is 3.33. The summed E-state index contributed by atoms with van der Waals surface area (Å²) >= 11 is 9.65. The number of hydrogen-bond acceptors (Lipinski definition) is 1. The second kappa shape index (κ2) is 5.03. The second-order valence-corrected chi connectivity index (χ2v) is 7.43. The quantitative estimate of drug-likeness (QED) is 0.694. The van der Waals surface area contributed by atoms with Crippen molar-refractivity contribution < 1.29 is 0 Å². The predicted octanol–water partition coefficient (Wildman–Crippen LogP) is 4.97. The molecule has 2 aliphatic carbocycles. The molecule has 0 radical (unpaired) electrons. The van der Waals surface area contributed by atoms with Crippen molar-refractivity contribution in [2.75, 3.05) is 0 Å². The van der Waals surface area contributed by atoms with E-state index in [0.717, 1.165) is 40.1 Å². The van der Waals surface area contributed by atoms with Crippen LogP contribution < -0.4 is 0 Å². The van der Waals surface area contributed by atoms with Crippen molar-refractivity contribution in [1.29, 1.82) is 0 Å². The molecule has 106 valence electrons. The van der Waals surface area contributed by atoms with Crippen LogP contribution in [0.1, 0.15) is 31.5 Å². The second-order valence-electron chi connectivity index (χ2n) is 6.24. The number of benzene rings is 1. The first-order valence-corrected chi connectivity index (χ1v) is 8.79. The largest absolute Gasteiger partial charge is 0.327 e. The van der Waals surface area contributed by atoms with Crippen molar-refractivity contribution in [3.63, 3.8) is 0 Å². The summed E-state index contributed by atoms with van der Waals surface area (Å²) in [5, 5.41) is 0. The summed E-state index contributed by atoms with van der Waals surface area (Å²) in [6.07, 6.45) is 5.70. The molecule has 20 heavy (non-hydrogen) atoms. The van der Waals surface area contributed by atoms with Crippen LogP contribution in [0.2, 0.25) is 0 Å². The van der Waals surface area contributed by atoms with Gasteiger partial charge in [-0.3, -0.25) is 0 Å². The molecule has 2 fully saturated rings. The number of imidazole rings is 1. The summed E-state index contributed by atoms with van der Waals surface area (Å²) in [7, 11) is 0. The lowest BCUT2D eigenvalue weighted by Gasteiger charge is -2.18. The van der Waals surface area contributed by atoms with Gasteiger partial charge < -0.3 is 4.57 Å². The van der Waals surface area contributed by atoms with Gasteiger partial charge >= 0.3 is 0 Å². The van der Waals surface area contributed by atoms with E-state index in [-0.39, 0.29) is 0 Å². The van der Waals surface area contributed by atoms with E-state index < -0.39 is 0 Å². The SMILES string of the molecule is ClCc1nc2cc(Br)ccc2n1CC(C1CC1)C1CC1. The number of hydrogen-bond donors (Lipinski definition) is 0. The molecule has 1 heterocycles. The molecule has 2 nitrogen and oxygen atoms in total. The Morgan fingerprint density at radius 3 is 2.55 bits per heavy atom. The first-order chi connectivity index (χ1) is 9.76. The van der Waals surface area contributed by atoms with Gasteiger partial charge in [0.1, 0.15) is 5.82 Å². The Bertz CT molecular complexity index is 631. The van der Waals surface area contributed by atoms with Gasteiger partial charge in [-0.05, 0) is 61.6 Å². The van der Waals surface area contributed by atoms with E-state index in [0.29, 0.717) is 5.88 Å². The van der Waals surface area contributed by atoms with Gasteiger partial charge in [-0.15, -0.1) is 11.6 Å². The molecule has 1 aromatic carbocycles. The third-order valence-electron chi connectivity index (χ3n) is 4.76. The maximum atomic E-state index is 6.12. The molecule has 4 heteroatoms. The Morgan fingerprint density at radius 2 is 1.95 bits per heavy atom. The van der Waals surface area contributed by atoms with E-state index in [4.69, 9.17) is 16.6 Å². The molecular formula is C16H18BrClN2. The van der Waals surface area contributed by atoms with E-state index in [9.17, 15) is 0 Å². The van der Waals surface area contributed by atoms with Crippen LogP contribution in [0.4, 0.5) is 0 Å². The van der Waals surface area contributed by atoms with Crippen LogP contribution in [0.3, 0.4) is 0 Å². The van der Waals surface area contributed by atoms with Crippen molar-refractivity contribution in [2.24, 2.45) is 17.8 Å². The Kier molecular flexibility index (Phi) is 3.30. The van der Waals surface area contributed by atoms with Crippen molar-refractivity contribution in [1.82, 2.24) is 9.55 Å². The lowest BCUT2D eigenvalue weighted by Crippen LogP contribution is -2.16. The minimum Gasteiger partial charge on any atom is -0.327 e. The Labute approximate surface area is 132 Å². The molecule has 0 bridgehead atoms.